The molecule has 1 aromatic heterocycles. The standard InChI is InChI=1S/C8H11IN2O/c1-6(2)5-11-4-3-10-7(9)8(11)12/h3-4,6H,5H2,1-2H3. The highest BCUT2D eigenvalue weighted by Crippen LogP contribution is 1.97. The van der Waals surface area contributed by atoms with E-state index < -0.39 is 0 Å². The molecule has 0 bridgehead atoms. The molecular formula is C8H11IN2O. The van der Waals surface area contributed by atoms with Crippen LogP contribution in [0.2, 0.25) is 0 Å². The van der Waals surface area contributed by atoms with Crippen molar-refractivity contribution in [2.24, 2.45) is 5.92 Å². The molecule has 0 saturated carbocycles. The Morgan fingerprint density at radius 1 is 1.67 bits per heavy atom. The summed E-state index contributed by atoms with van der Waals surface area (Å²) in [4.78, 5) is 15.3. The molecule has 1 rings (SSSR count). The summed E-state index contributed by atoms with van der Waals surface area (Å²) in [5, 5.41) is 0. The van der Waals surface area contributed by atoms with Crippen LogP contribution in [-0.4, -0.2) is 9.55 Å². The normalized spacial score (nSPS) is 10.7. The van der Waals surface area contributed by atoms with E-state index in [1.165, 1.54) is 0 Å². The molecule has 0 spiro atoms. The van der Waals surface area contributed by atoms with Gasteiger partial charge < -0.3 is 4.57 Å². The first-order chi connectivity index (χ1) is 5.61. The maximum Gasteiger partial charge on any atom is 0.282 e. The molecule has 1 aromatic rings. The topological polar surface area (TPSA) is 34.9 Å². The Morgan fingerprint density at radius 3 is 2.92 bits per heavy atom. The van der Waals surface area contributed by atoms with E-state index >= 15 is 0 Å². The van der Waals surface area contributed by atoms with Crippen LogP contribution >= 0.6 is 22.6 Å². The first-order valence-corrected chi connectivity index (χ1v) is 4.90. The first kappa shape index (κ1) is 9.70. The van der Waals surface area contributed by atoms with Crippen LogP contribution in [0.5, 0.6) is 0 Å². The average molecular weight is 278 g/mol. The van der Waals surface area contributed by atoms with Crippen molar-refractivity contribution >= 4 is 22.6 Å². The molecule has 4 heteroatoms. The molecule has 12 heavy (non-hydrogen) atoms. The highest BCUT2D eigenvalue weighted by Gasteiger charge is 2.01. The molecule has 0 aliphatic heterocycles. The van der Waals surface area contributed by atoms with Crippen LogP contribution in [0.1, 0.15) is 13.8 Å². The number of hydrogen-bond acceptors (Lipinski definition) is 2. The third kappa shape index (κ3) is 2.30. The Labute approximate surface area is 85.0 Å². The second kappa shape index (κ2) is 4.02. The van der Waals surface area contributed by atoms with Crippen LogP contribution in [-0.2, 0) is 6.54 Å². The second-order valence-corrected chi connectivity index (χ2v) is 4.09. The highest BCUT2D eigenvalue weighted by molar-refractivity contribution is 14.1. The van der Waals surface area contributed by atoms with Gasteiger partial charge >= 0.3 is 0 Å². The van der Waals surface area contributed by atoms with Crippen molar-refractivity contribution < 1.29 is 0 Å². The van der Waals surface area contributed by atoms with Gasteiger partial charge in [-0.15, -0.1) is 0 Å². The Kier molecular flexibility index (Phi) is 3.25. The van der Waals surface area contributed by atoms with Gasteiger partial charge in [-0.05, 0) is 28.5 Å². The summed E-state index contributed by atoms with van der Waals surface area (Å²) < 4.78 is 2.23. The minimum Gasteiger partial charge on any atom is -0.311 e. The van der Waals surface area contributed by atoms with Gasteiger partial charge in [-0.1, -0.05) is 13.8 Å². The van der Waals surface area contributed by atoms with Crippen LogP contribution in [0.4, 0.5) is 0 Å². The largest absolute Gasteiger partial charge is 0.311 e. The van der Waals surface area contributed by atoms with E-state index in [0.29, 0.717) is 9.62 Å². The van der Waals surface area contributed by atoms with E-state index in [0.717, 1.165) is 6.54 Å². The number of rotatable bonds is 2. The number of halogens is 1. The SMILES string of the molecule is CC(C)Cn1ccnc(I)c1=O. The summed E-state index contributed by atoms with van der Waals surface area (Å²) in [6.45, 7) is 4.93. The minimum atomic E-state index is 0.00630. The molecule has 0 unspecified atom stereocenters. The van der Waals surface area contributed by atoms with E-state index in [1.807, 2.05) is 22.6 Å². The molecule has 0 N–H and O–H groups in total. The summed E-state index contributed by atoms with van der Waals surface area (Å²) in [7, 11) is 0. The van der Waals surface area contributed by atoms with Gasteiger partial charge in [0.15, 0.2) is 3.70 Å². The van der Waals surface area contributed by atoms with Crippen LogP contribution in [0.15, 0.2) is 17.2 Å². The molecule has 0 fully saturated rings. The molecule has 3 nitrogen and oxygen atoms in total. The highest BCUT2D eigenvalue weighted by atomic mass is 127. The fraction of sp³-hybridized carbons (Fsp3) is 0.500. The fourth-order valence-corrected chi connectivity index (χ4v) is 1.43. The van der Waals surface area contributed by atoms with Gasteiger partial charge in [0.05, 0.1) is 0 Å². The van der Waals surface area contributed by atoms with E-state index in [-0.39, 0.29) is 5.56 Å². The summed E-state index contributed by atoms with van der Waals surface area (Å²) in [5.41, 5.74) is 0.00630. The van der Waals surface area contributed by atoms with Gasteiger partial charge in [0.25, 0.3) is 5.56 Å². The summed E-state index contributed by atoms with van der Waals surface area (Å²) in [5.74, 6) is 0.487. The molecule has 0 saturated heterocycles. The average Bonchev–Trinajstić information content (AvgIpc) is 1.98. The smallest absolute Gasteiger partial charge is 0.282 e. The van der Waals surface area contributed by atoms with Crippen LogP contribution < -0.4 is 5.56 Å². The van der Waals surface area contributed by atoms with Gasteiger partial charge in [0.1, 0.15) is 0 Å². The molecular weight excluding hydrogens is 267 g/mol. The van der Waals surface area contributed by atoms with Crippen molar-refractivity contribution in [1.82, 2.24) is 9.55 Å². The van der Waals surface area contributed by atoms with Crippen LogP contribution in [0, 0.1) is 9.62 Å². The molecule has 0 radical (unpaired) electrons. The van der Waals surface area contributed by atoms with Crippen LogP contribution in [0.25, 0.3) is 0 Å². The van der Waals surface area contributed by atoms with Gasteiger partial charge in [-0.25, -0.2) is 4.98 Å². The Hall–Kier alpha value is -0.390. The second-order valence-electron chi connectivity index (χ2n) is 3.07. The maximum absolute atomic E-state index is 11.4. The lowest BCUT2D eigenvalue weighted by Gasteiger charge is -2.07. The number of aromatic nitrogens is 2. The first-order valence-electron chi connectivity index (χ1n) is 3.82. The molecule has 0 atom stereocenters. The van der Waals surface area contributed by atoms with Gasteiger partial charge in [-0.3, -0.25) is 4.79 Å². The molecule has 1 heterocycles. The molecule has 0 aromatic carbocycles. The van der Waals surface area contributed by atoms with Gasteiger partial charge in [-0.2, -0.15) is 0 Å². The predicted molar refractivity (Wildman–Crippen MR) is 56.1 cm³/mol. The fourth-order valence-electron chi connectivity index (χ4n) is 0.958. The summed E-state index contributed by atoms with van der Waals surface area (Å²) >= 11 is 1.95. The predicted octanol–water partition coefficient (Wildman–Crippen LogP) is 1.50. The van der Waals surface area contributed by atoms with Crippen molar-refractivity contribution in [3.05, 3.63) is 26.4 Å². The molecule has 0 aliphatic rings. The van der Waals surface area contributed by atoms with Crippen molar-refractivity contribution in [3.63, 3.8) is 0 Å². The van der Waals surface area contributed by atoms with Crippen molar-refractivity contribution in [1.29, 1.82) is 0 Å². The van der Waals surface area contributed by atoms with Gasteiger partial charge in [0.2, 0.25) is 0 Å². The van der Waals surface area contributed by atoms with E-state index in [9.17, 15) is 4.79 Å². The van der Waals surface area contributed by atoms with Crippen molar-refractivity contribution in [3.8, 4) is 0 Å². The van der Waals surface area contributed by atoms with E-state index in [4.69, 9.17) is 0 Å². The van der Waals surface area contributed by atoms with E-state index in [1.54, 1.807) is 17.0 Å². The quantitative estimate of drug-likeness (QED) is 0.768. The molecule has 0 aliphatic carbocycles. The number of hydrogen-bond donors (Lipinski definition) is 0. The zero-order valence-electron chi connectivity index (χ0n) is 7.12. The lowest BCUT2D eigenvalue weighted by molar-refractivity contribution is 0.507. The van der Waals surface area contributed by atoms with Crippen molar-refractivity contribution in [2.75, 3.05) is 0 Å². The Morgan fingerprint density at radius 2 is 2.33 bits per heavy atom. The van der Waals surface area contributed by atoms with Gasteiger partial charge in [0, 0.05) is 18.9 Å². The minimum absolute atomic E-state index is 0.00630. The monoisotopic (exact) mass is 278 g/mol. The third-order valence-electron chi connectivity index (χ3n) is 1.43. The lowest BCUT2D eigenvalue weighted by Crippen LogP contribution is -2.24. The zero-order chi connectivity index (χ0) is 9.14. The molecule has 66 valence electrons. The summed E-state index contributed by atoms with van der Waals surface area (Å²) in [6.07, 6.45) is 3.38. The zero-order valence-corrected chi connectivity index (χ0v) is 9.28. The van der Waals surface area contributed by atoms with Crippen molar-refractivity contribution in [2.45, 2.75) is 20.4 Å². The lowest BCUT2D eigenvalue weighted by atomic mass is 10.2. The molecule has 0 amide bonds. The Bertz CT molecular complexity index is 319. The Balaban J connectivity index is 3.01. The maximum atomic E-state index is 11.4. The third-order valence-corrected chi connectivity index (χ3v) is 2.17. The van der Waals surface area contributed by atoms with Crippen LogP contribution in [0.3, 0.4) is 0 Å². The van der Waals surface area contributed by atoms with E-state index in [2.05, 4.69) is 18.8 Å². The summed E-state index contributed by atoms with van der Waals surface area (Å²) in [6, 6.07) is 0. The number of nitrogens with zero attached hydrogens (tertiary/aromatic N) is 2.